The van der Waals surface area contributed by atoms with Crippen LogP contribution >= 0.6 is 22.6 Å². The van der Waals surface area contributed by atoms with Gasteiger partial charge >= 0.3 is 0 Å². The highest BCUT2D eigenvalue weighted by molar-refractivity contribution is 14.1. The van der Waals surface area contributed by atoms with Gasteiger partial charge in [-0.05, 0) is 60.1 Å². The van der Waals surface area contributed by atoms with Crippen molar-refractivity contribution in [1.29, 1.82) is 0 Å². The van der Waals surface area contributed by atoms with Gasteiger partial charge in [0.05, 0.1) is 0 Å². The molecule has 0 saturated carbocycles. The first kappa shape index (κ1) is 16.1. The number of benzene rings is 2. The van der Waals surface area contributed by atoms with Crippen molar-refractivity contribution >= 4 is 22.6 Å². The SMILES string of the molecule is CC[C@@H](c1ccc(O)cc1)[C@H](CCI)c1ccc(O)cc1. The van der Waals surface area contributed by atoms with Crippen LogP contribution in [0, 0.1) is 0 Å². The van der Waals surface area contributed by atoms with Crippen LogP contribution in [-0.2, 0) is 0 Å². The highest BCUT2D eigenvalue weighted by Gasteiger charge is 2.23. The summed E-state index contributed by atoms with van der Waals surface area (Å²) in [7, 11) is 0. The zero-order valence-electron chi connectivity index (χ0n) is 12.2. The molecule has 0 amide bonds. The molecule has 3 heteroatoms. The van der Waals surface area contributed by atoms with E-state index in [1.807, 2.05) is 24.3 Å². The van der Waals surface area contributed by atoms with Crippen molar-refractivity contribution in [1.82, 2.24) is 0 Å². The van der Waals surface area contributed by atoms with Crippen molar-refractivity contribution in [2.75, 3.05) is 4.43 Å². The van der Waals surface area contributed by atoms with Crippen LogP contribution in [0.4, 0.5) is 0 Å². The molecule has 112 valence electrons. The van der Waals surface area contributed by atoms with E-state index < -0.39 is 0 Å². The average Bonchev–Trinajstić information content (AvgIpc) is 2.50. The van der Waals surface area contributed by atoms with Crippen LogP contribution in [0.3, 0.4) is 0 Å². The van der Waals surface area contributed by atoms with Gasteiger partial charge in [0, 0.05) is 4.43 Å². The Morgan fingerprint density at radius 2 is 1.24 bits per heavy atom. The van der Waals surface area contributed by atoms with Crippen molar-refractivity contribution in [3.05, 3.63) is 59.7 Å². The molecule has 0 unspecified atom stereocenters. The summed E-state index contributed by atoms with van der Waals surface area (Å²) < 4.78 is 1.10. The largest absolute Gasteiger partial charge is 0.508 e. The molecule has 2 aromatic carbocycles. The third-order valence-electron chi connectivity index (χ3n) is 3.99. The molecule has 0 spiro atoms. The Morgan fingerprint density at radius 1 is 0.810 bits per heavy atom. The van der Waals surface area contributed by atoms with Gasteiger partial charge in [-0.1, -0.05) is 53.8 Å². The predicted molar refractivity (Wildman–Crippen MR) is 95.5 cm³/mol. The molecular weight excluding hydrogens is 375 g/mol. The third-order valence-corrected chi connectivity index (χ3v) is 4.61. The maximum Gasteiger partial charge on any atom is 0.115 e. The first-order chi connectivity index (χ1) is 10.2. The van der Waals surface area contributed by atoms with E-state index in [9.17, 15) is 10.2 Å². The maximum atomic E-state index is 9.48. The monoisotopic (exact) mass is 396 g/mol. The number of halogens is 1. The Balaban J connectivity index is 2.33. The van der Waals surface area contributed by atoms with Crippen molar-refractivity contribution in [2.24, 2.45) is 0 Å². The van der Waals surface area contributed by atoms with Crippen LogP contribution in [0.15, 0.2) is 48.5 Å². The molecule has 2 N–H and O–H groups in total. The van der Waals surface area contributed by atoms with E-state index in [1.54, 1.807) is 24.3 Å². The van der Waals surface area contributed by atoms with E-state index in [0.29, 0.717) is 23.3 Å². The topological polar surface area (TPSA) is 40.5 Å². The molecule has 0 aliphatic carbocycles. The van der Waals surface area contributed by atoms with Crippen LogP contribution in [0.25, 0.3) is 0 Å². The van der Waals surface area contributed by atoms with Gasteiger partial charge in [-0.3, -0.25) is 0 Å². The van der Waals surface area contributed by atoms with Crippen LogP contribution in [-0.4, -0.2) is 14.6 Å². The smallest absolute Gasteiger partial charge is 0.115 e. The minimum atomic E-state index is 0.309. The van der Waals surface area contributed by atoms with E-state index in [4.69, 9.17) is 0 Å². The molecule has 0 bridgehead atoms. The van der Waals surface area contributed by atoms with Gasteiger partial charge in [0.1, 0.15) is 11.5 Å². The fraction of sp³-hybridized carbons (Fsp3) is 0.333. The minimum Gasteiger partial charge on any atom is -0.508 e. The molecule has 0 heterocycles. The summed E-state index contributed by atoms with van der Waals surface area (Å²) >= 11 is 2.42. The Bertz CT molecular complexity index is 548. The number of alkyl halides is 1. The lowest BCUT2D eigenvalue weighted by atomic mass is 9.78. The molecule has 0 saturated heterocycles. The van der Waals surface area contributed by atoms with Crippen LogP contribution < -0.4 is 0 Å². The quantitative estimate of drug-likeness (QED) is 0.521. The fourth-order valence-electron chi connectivity index (χ4n) is 2.91. The molecule has 2 rings (SSSR count). The van der Waals surface area contributed by atoms with Crippen LogP contribution in [0.1, 0.15) is 42.7 Å². The Kier molecular flexibility index (Phi) is 5.91. The Hall–Kier alpha value is -1.23. The normalized spacial score (nSPS) is 13.8. The summed E-state index contributed by atoms with van der Waals surface area (Å²) in [5.74, 6) is 1.47. The lowest BCUT2D eigenvalue weighted by molar-refractivity contribution is 0.470. The van der Waals surface area contributed by atoms with Gasteiger partial charge in [-0.25, -0.2) is 0 Å². The molecule has 2 nitrogen and oxygen atoms in total. The lowest BCUT2D eigenvalue weighted by Crippen LogP contribution is -2.11. The maximum absolute atomic E-state index is 9.48. The summed E-state index contributed by atoms with van der Waals surface area (Å²) in [5, 5.41) is 19.0. The average molecular weight is 396 g/mol. The van der Waals surface area contributed by atoms with E-state index in [0.717, 1.165) is 17.3 Å². The number of aromatic hydroxyl groups is 2. The Labute approximate surface area is 140 Å². The number of hydrogen-bond donors (Lipinski definition) is 2. The van der Waals surface area contributed by atoms with Gasteiger partial charge in [0.25, 0.3) is 0 Å². The highest BCUT2D eigenvalue weighted by atomic mass is 127. The van der Waals surface area contributed by atoms with Crippen LogP contribution in [0.2, 0.25) is 0 Å². The molecule has 2 atom stereocenters. The highest BCUT2D eigenvalue weighted by Crippen LogP contribution is 2.39. The number of phenolic OH excluding ortho intramolecular Hbond substituents is 2. The van der Waals surface area contributed by atoms with Gasteiger partial charge in [-0.2, -0.15) is 0 Å². The van der Waals surface area contributed by atoms with Crippen molar-refractivity contribution in [2.45, 2.75) is 31.6 Å². The third kappa shape index (κ3) is 4.13. The zero-order chi connectivity index (χ0) is 15.2. The first-order valence-corrected chi connectivity index (χ1v) is 8.82. The summed E-state index contributed by atoms with van der Waals surface area (Å²) in [6.45, 7) is 2.21. The lowest BCUT2D eigenvalue weighted by Gasteiger charge is -2.27. The van der Waals surface area contributed by atoms with Crippen molar-refractivity contribution < 1.29 is 10.2 Å². The minimum absolute atomic E-state index is 0.309. The van der Waals surface area contributed by atoms with E-state index in [1.165, 1.54) is 11.1 Å². The first-order valence-electron chi connectivity index (χ1n) is 7.29. The second kappa shape index (κ2) is 7.69. The second-order valence-corrected chi connectivity index (χ2v) is 6.36. The van der Waals surface area contributed by atoms with E-state index >= 15 is 0 Å². The molecule has 0 aromatic heterocycles. The Morgan fingerprint density at radius 3 is 1.62 bits per heavy atom. The predicted octanol–water partition coefficient (Wildman–Crippen LogP) is 5.20. The molecule has 0 aliphatic rings. The second-order valence-electron chi connectivity index (χ2n) is 5.28. The van der Waals surface area contributed by atoms with Crippen molar-refractivity contribution in [3.8, 4) is 11.5 Å². The number of hydrogen-bond acceptors (Lipinski definition) is 2. The molecule has 2 aromatic rings. The summed E-state index contributed by atoms with van der Waals surface area (Å²) in [4.78, 5) is 0. The zero-order valence-corrected chi connectivity index (χ0v) is 14.3. The summed E-state index contributed by atoms with van der Waals surface area (Å²) in [6.07, 6.45) is 2.15. The molecule has 0 radical (unpaired) electrons. The fourth-order valence-corrected chi connectivity index (χ4v) is 3.58. The molecular formula is C18H21IO2. The van der Waals surface area contributed by atoms with Gasteiger partial charge < -0.3 is 10.2 Å². The summed E-state index contributed by atoms with van der Waals surface area (Å²) in [6, 6.07) is 15.1. The number of phenols is 2. The number of rotatable bonds is 6. The van der Waals surface area contributed by atoms with Gasteiger partial charge in [0.2, 0.25) is 0 Å². The van der Waals surface area contributed by atoms with E-state index in [2.05, 4.69) is 29.5 Å². The van der Waals surface area contributed by atoms with Crippen molar-refractivity contribution in [3.63, 3.8) is 0 Å². The van der Waals surface area contributed by atoms with E-state index in [-0.39, 0.29) is 0 Å². The van der Waals surface area contributed by atoms with Crippen LogP contribution in [0.5, 0.6) is 11.5 Å². The van der Waals surface area contributed by atoms with Gasteiger partial charge in [0.15, 0.2) is 0 Å². The molecule has 0 aliphatic heterocycles. The molecule has 21 heavy (non-hydrogen) atoms. The molecule has 0 fully saturated rings. The summed E-state index contributed by atoms with van der Waals surface area (Å²) in [5.41, 5.74) is 2.53. The standard InChI is InChI=1S/C18H21IO2/c1-2-17(13-3-7-15(20)8-4-13)18(11-12-19)14-5-9-16(21)10-6-14/h3-10,17-18,20-21H,2,11-12H2,1H3/t17-,18+/m0/s1. The van der Waals surface area contributed by atoms with Gasteiger partial charge in [-0.15, -0.1) is 0 Å².